The molecular weight excluding hydrogens is 301 g/mol. The molecule has 0 fully saturated rings. The van der Waals surface area contributed by atoms with E-state index in [1.165, 1.54) is 4.90 Å². The molecule has 0 aliphatic carbocycles. The van der Waals surface area contributed by atoms with E-state index in [1.807, 2.05) is 20.8 Å². The van der Waals surface area contributed by atoms with E-state index < -0.39 is 11.6 Å². The zero-order chi connectivity index (χ0) is 15.1. The number of hydrogen-bond acceptors (Lipinski definition) is 2. The largest absolute Gasteiger partial charge is 0.465 e. The van der Waals surface area contributed by atoms with Crippen LogP contribution in [0.1, 0.15) is 26.6 Å². The van der Waals surface area contributed by atoms with E-state index in [0.717, 1.165) is 5.52 Å². The minimum atomic E-state index is -0.992. The normalized spacial score (nSPS) is 11.8. The number of benzene rings is 1. The summed E-state index contributed by atoms with van der Waals surface area (Å²) < 4.78 is 0. The van der Waals surface area contributed by atoms with Gasteiger partial charge in [0.2, 0.25) is 0 Å². The van der Waals surface area contributed by atoms with E-state index in [0.29, 0.717) is 21.4 Å². The molecule has 0 bridgehead atoms. The molecule has 0 unspecified atom stereocenters. The van der Waals surface area contributed by atoms with Gasteiger partial charge in [0.05, 0.1) is 27.6 Å². The van der Waals surface area contributed by atoms with Crippen LogP contribution < -0.4 is 0 Å². The quantitative estimate of drug-likeness (QED) is 0.874. The van der Waals surface area contributed by atoms with Gasteiger partial charge in [0.25, 0.3) is 0 Å². The molecule has 1 aromatic heterocycles. The van der Waals surface area contributed by atoms with Gasteiger partial charge in [0, 0.05) is 5.54 Å². The number of imidazole rings is 1. The van der Waals surface area contributed by atoms with Crippen LogP contribution in [0.15, 0.2) is 12.1 Å². The predicted molar refractivity (Wildman–Crippen MR) is 79.4 cm³/mol. The van der Waals surface area contributed by atoms with Crippen molar-refractivity contribution in [1.82, 2.24) is 14.9 Å². The van der Waals surface area contributed by atoms with E-state index in [4.69, 9.17) is 23.2 Å². The van der Waals surface area contributed by atoms with Gasteiger partial charge in [-0.3, -0.25) is 4.90 Å². The molecule has 2 aromatic rings. The van der Waals surface area contributed by atoms with Crippen LogP contribution in [0.2, 0.25) is 10.0 Å². The zero-order valence-corrected chi connectivity index (χ0v) is 12.9. The van der Waals surface area contributed by atoms with Crippen molar-refractivity contribution in [3.8, 4) is 0 Å². The first-order chi connectivity index (χ1) is 9.18. The highest BCUT2D eigenvalue weighted by Gasteiger charge is 2.27. The number of nitrogens with one attached hydrogen (secondary N) is 1. The van der Waals surface area contributed by atoms with Crippen LogP contribution in [0.25, 0.3) is 11.0 Å². The lowest BCUT2D eigenvalue weighted by Gasteiger charge is -2.32. The average molecular weight is 316 g/mol. The second kappa shape index (κ2) is 5.14. The van der Waals surface area contributed by atoms with Crippen molar-refractivity contribution in [2.75, 3.05) is 0 Å². The third kappa shape index (κ3) is 2.99. The Hall–Kier alpha value is -1.46. The lowest BCUT2D eigenvalue weighted by atomic mass is 10.1. The van der Waals surface area contributed by atoms with Crippen molar-refractivity contribution in [2.24, 2.45) is 0 Å². The van der Waals surface area contributed by atoms with E-state index >= 15 is 0 Å². The van der Waals surface area contributed by atoms with Crippen molar-refractivity contribution >= 4 is 40.3 Å². The molecule has 0 spiro atoms. The number of amides is 1. The summed E-state index contributed by atoms with van der Waals surface area (Å²) in [5.41, 5.74) is 0.877. The Morgan fingerprint density at radius 3 is 2.50 bits per heavy atom. The summed E-state index contributed by atoms with van der Waals surface area (Å²) in [7, 11) is 0. The summed E-state index contributed by atoms with van der Waals surface area (Å²) in [6, 6.07) is 3.33. The number of carbonyl (C=O) groups is 1. The SMILES string of the molecule is CC(C)(C)N(Cc1nc2cc(Cl)c(Cl)cc2[nH]1)C(=O)O. The number of H-pyrrole nitrogens is 1. The fourth-order valence-electron chi connectivity index (χ4n) is 1.87. The number of carboxylic acid groups (broad SMARTS) is 1. The third-order valence-corrected chi connectivity index (χ3v) is 3.64. The second-order valence-electron chi connectivity index (χ2n) is 5.51. The van der Waals surface area contributed by atoms with Crippen molar-refractivity contribution in [3.63, 3.8) is 0 Å². The maximum absolute atomic E-state index is 11.3. The van der Waals surface area contributed by atoms with Gasteiger partial charge in [-0.15, -0.1) is 0 Å². The molecule has 0 radical (unpaired) electrons. The van der Waals surface area contributed by atoms with Crippen LogP contribution in [-0.2, 0) is 6.54 Å². The highest BCUT2D eigenvalue weighted by Crippen LogP contribution is 2.27. The summed E-state index contributed by atoms with van der Waals surface area (Å²) in [4.78, 5) is 20.0. The summed E-state index contributed by atoms with van der Waals surface area (Å²) in [6.45, 7) is 5.66. The molecule has 1 amide bonds. The lowest BCUT2D eigenvalue weighted by Crippen LogP contribution is -2.44. The number of aromatic amines is 1. The summed E-state index contributed by atoms with van der Waals surface area (Å²) in [6.07, 6.45) is -0.992. The first kappa shape index (κ1) is 14.9. The van der Waals surface area contributed by atoms with E-state index in [9.17, 15) is 9.90 Å². The van der Waals surface area contributed by atoms with Gasteiger partial charge in [0.1, 0.15) is 5.82 Å². The molecule has 0 saturated heterocycles. The molecule has 0 atom stereocenters. The number of rotatable bonds is 2. The highest BCUT2D eigenvalue weighted by molar-refractivity contribution is 6.42. The van der Waals surface area contributed by atoms with Crippen molar-refractivity contribution in [2.45, 2.75) is 32.9 Å². The second-order valence-corrected chi connectivity index (χ2v) is 6.32. The van der Waals surface area contributed by atoms with Crippen LogP contribution >= 0.6 is 23.2 Å². The van der Waals surface area contributed by atoms with Crippen molar-refractivity contribution in [1.29, 1.82) is 0 Å². The van der Waals surface area contributed by atoms with Crippen molar-refractivity contribution < 1.29 is 9.90 Å². The monoisotopic (exact) mass is 315 g/mol. The molecule has 0 saturated carbocycles. The molecule has 5 nitrogen and oxygen atoms in total. The molecule has 1 aromatic carbocycles. The maximum Gasteiger partial charge on any atom is 0.408 e. The Balaban J connectivity index is 2.36. The van der Waals surface area contributed by atoms with E-state index in [-0.39, 0.29) is 6.54 Å². The molecule has 1 heterocycles. The molecule has 2 rings (SSSR count). The average Bonchev–Trinajstić information content (AvgIpc) is 2.66. The number of nitrogens with zero attached hydrogens (tertiary/aromatic N) is 2. The Morgan fingerprint density at radius 2 is 1.95 bits per heavy atom. The Labute approximate surface area is 126 Å². The number of aromatic nitrogens is 2. The Kier molecular flexibility index (Phi) is 3.84. The molecule has 7 heteroatoms. The minimum Gasteiger partial charge on any atom is -0.465 e. The van der Waals surface area contributed by atoms with E-state index in [2.05, 4.69) is 9.97 Å². The number of halogens is 2. The number of hydrogen-bond donors (Lipinski definition) is 2. The molecule has 108 valence electrons. The zero-order valence-electron chi connectivity index (χ0n) is 11.4. The number of fused-ring (bicyclic) bond motifs is 1. The summed E-state index contributed by atoms with van der Waals surface area (Å²) in [5, 5.41) is 10.1. The first-order valence-corrected chi connectivity index (χ1v) is 6.78. The molecule has 20 heavy (non-hydrogen) atoms. The Bertz CT molecular complexity index is 622. The van der Waals surface area contributed by atoms with Gasteiger partial charge in [0.15, 0.2) is 0 Å². The minimum absolute atomic E-state index is 0.169. The van der Waals surface area contributed by atoms with Gasteiger partial charge in [-0.25, -0.2) is 9.78 Å². The Morgan fingerprint density at radius 1 is 1.35 bits per heavy atom. The summed E-state index contributed by atoms with van der Waals surface area (Å²) >= 11 is 11.9. The van der Waals surface area contributed by atoms with Gasteiger partial charge in [-0.05, 0) is 32.9 Å². The highest BCUT2D eigenvalue weighted by atomic mass is 35.5. The molecular formula is C13H15Cl2N3O2. The lowest BCUT2D eigenvalue weighted by molar-refractivity contribution is 0.0940. The topological polar surface area (TPSA) is 69.2 Å². The first-order valence-electron chi connectivity index (χ1n) is 6.02. The van der Waals surface area contributed by atoms with Crippen molar-refractivity contribution in [3.05, 3.63) is 28.0 Å². The van der Waals surface area contributed by atoms with Gasteiger partial charge < -0.3 is 10.1 Å². The van der Waals surface area contributed by atoms with Crippen LogP contribution in [0, 0.1) is 0 Å². The fourth-order valence-corrected chi connectivity index (χ4v) is 2.20. The van der Waals surface area contributed by atoms with Crippen LogP contribution in [-0.4, -0.2) is 31.6 Å². The standard InChI is InChI=1S/C13H15Cl2N3O2/c1-13(2,3)18(12(19)20)6-11-16-9-4-7(14)8(15)5-10(9)17-11/h4-5H,6H2,1-3H3,(H,16,17)(H,19,20). The van der Waals surface area contributed by atoms with Crippen LogP contribution in [0.4, 0.5) is 4.79 Å². The van der Waals surface area contributed by atoms with Gasteiger partial charge >= 0.3 is 6.09 Å². The van der Waals surface area contributed by atoms with Crippen LogP contribution in [0.5, 0.6) is 0 Å². The third-order valence-electron chi connectivity index (χ3n) is 2.92. The molecule has 2 N–H and O–H groups in total. The molecule has 0 aliphatic rings. The van der Waals surface area contributed by atoms with Gasteiger partial charge in [-0.2, -0.15) is 0 Å². The molecule has 0 aliphatic heterocycles. The van der Waals surface area contributed by atoms with Gasteiger partial charge in [-0.1, -0.05) is 23.2 Å². The maximum atomic E-state index is 11.3. The smallest absolute Gasteiger partial charge is 0.408 e. The fraction of sp³-hybridized carbons (Fsp3) is 0.385. The summed E-state index contributed by atoms with van der Waals surface area (Å²) in [5.74, 6) is 0.552. The van der Waals surface area contributed by atoms with E-state index in [1.54, 1.807) is 12.1 Å². The van der Waals surface area contributed by atoms with Crippen LogP contribution in [0.3, 0.4) is 0 Å². The predicted octanol–water partition coefficient (Wildman–Crippen LogP) is 4.15.